The summed E-state index contributed by atoms with van der Waals surface area (Å²) in [6.07, 6.45) is 4.65. The van der Waals surface area contributed by atoms with Crippen LogP contribution in [0, 0.1) is 10.1 Å². The van der Waals surface area contributed by atoms with Gasteiger partial charge in [0.2, 0.25) is 0 Å². The van der Waals surface area contributed by atoms with E-state index in [1.54, 1.807) is 0 Å². The molecule has 0 aliphatic rings. The molecule has 0 amide bonds. The van der Waals surface area contributed by atoms with Crippen LogP contribution in [0.1, 0.15) is 12.0 Å². The molecule has 2 N–H and O–H groups in total. The number of nitro groups is 1. The largest absolute Gasteiger partial charge is 0.384 e. The highest BCUT2D eigenvalue weighted by atomic mass is 32.2. The molecular formula is C18H19N3O4S. The zero-order valence-corrected chi connectivity index (χ0v) is 15.0. The van der Waals surface area contributed by atoms with E-state index in [1.807, 2.05) is 24.4 Å². The molecule has 0 aliphatic carbocycles. The molecule has 0 spiro atoms. The highest BCUT2D eigenvalue weighted by molar-refractivity contribution is 7.90. The number of nitrogens with one attached hydrogen (secondary N) is 2. The van der Waals surface area contributed by atoms with Crippen molar-refractivity contribution in [2.24, 2.45) is 0 Å². The fourth-order valence-electron chi connectivity index (χ4n) is 2.92. The normalized spacial score (nSPS) is 11.6. The fraction of sp³-hybridized carbons (Fsp3) is 0.222. The number of aryl methyl sites for hydroxylation is 1. The third kappa shape index (κ3) is 3.85. The van der Waals surface area contributed by atoms with Crippen molar-refractivity contribution < 1.29 is 13.3 Å². The Hall–Kier alpha value is -2.87. The molecule has 0 atom stereocenters. The summed E-state index contributed by atoms with van der Waals surface area (Å²) in [5.41, 5.74) is 2.44. The summed E-state index contributed by atoms with van der Waals surface area (Å²) in [6, 6.07) is 11.9. The number of nitrogens with zero attached hydrogens (tertiary/aromatic N) is 1. The SMILES string of the molecule is CS(=O)(=O)c1cc([N+](=O)[O-])ccc1NCCCc1c[nH]c2ccccc12. The molecule has 136 valence electrons. The zero-order valence-electron chi connectivity index (χ0n) is 14.2. The van der Waals surface area contributed by atoms with Gasteiger partial charge in [-0.05, 0) is 30.5 Å². The Bertz CT molecular complexity index is 1060. The molecule has 8 heteroatoms. The van der Waals surface area contributed by atoms with Gasteiger partial charge in [-0.25, -0.2) is 8.42 Å². The second-order valence-electron chi connectivity index (χ2n) is 6.10. The lowest BCUT2D eigenvalue weighted by atomic mass is 10.1. The maximum absolute atomic E-state index is 11.9. The summed E-state index contributed by atoms with van der Waals surface area (Å²) in [5, 5.41) is 15.1. The van der Waals surface area contributed by atoms with E-state index in [2.05, 4.69) is 16.4 Å². The van der Waals surface area contributed by atoms with E-state index in [9.17, 15) is 18.5 Å². The molecule has 26 heavy (non-hydrogen) atoms. The molecule has 0 aliphatic heterocycles. The van der Waals surface area contributed by atoms with Gasteiger partial charge in [0, 0.05) is 42.0 Å². The van der Waals surface area contributed by atoms with Crippen LogP contribution in [0.4, 0.5) is 11.4 Å². The number of non-ortho nitro benzene ring substituents is 1. The second-order valence-corrected chi connectivity index (χ2v) is 8.08. The lowest BCUT2D eigenvalue weighted by Gasteiger charge is -2.10. The van der Waals surface area contributed by atoms with Crippen molar-refractivity contribution in [2.45, 2.75) is 17.7 Å². The van der Waals surface area contributed by atoms with Crippen molar-refractivity contribution >= 4 is 32.1 Å². The molecule has 7 nitrogen and oxygen atoms in total. The number of anilines is 1. The summed E-state index contributed by atoms with van der Waals surface area (Å²) < 4.78 is 23.9. The van der Waals surface area contributed by atoms with Crippen LogP contribution >= 0.6 is 0 Å². The highest BCUT2D eigenvalue weighted by Gasteiger charge is 2.18. The van der Waals surface area contributed by atoms with Crippen LogP contribution in [-0.2, 0) is 16.3 Å². The molecular weight excluding hydrogens is 354 g/mol. The number of fused-ring (bicyclic) bond motifs is 1. The summed E-state index contributed by atoms with van der Waals surface area (Å²) in [5.74, 6) is 0. The zero-order chi connectivity index (χ0) is 18.7. The van der Waals surface area contributed by atoms with Crippen LogP contribution < -0.4 is 5.32 Å². The number of aromatic nitrogens is 1. The predicted octanol–water partition coefficient (Wildman–Crippen LogP) is 3.52. The number of benzene rings is 2. The molecule has 0 saturated heterocycles. The molecule has 1 heterocycles. The predicted molar refractivity (Wildman–Crippen MR) is 101 cm³/mol. The topological polar surface area (TPSA) is 105 Å². The second kappa shape index (κ2) is 7.17. The first kappa shape index (κ1) is 17.9. The van der Waals surface area contributed by atoms with Crippen molar-refractivity contribution in [3.8, 4) is 0 Å². The van der Waals surface area contributed by atoms with E-state index in [0.717, 1.165) is 30.7 Å². The van der Waals surface area contributed by atoms with Gasteiger partial charge >= 0.3 is 0 Å². The van der Waals surface area contributed by atoms with Crippen molar-refractivity contribution in [3.63, 3.8) is 0 Å². The highest BCUT2D eigenvalue weighted by Crippen LogP contribution is 2.26. The molecule has 3 rings (SSSR count). The first-order valence-corrected chi connectivity index (χ1v) is 10.0. The number of sulfone groups is 1. The molecule has 0 fully saturated rings. The van der Waals surface area contributed by atoms with Gasteiger partial charge in [-0.2, -0.15) is 0 Å². The molecule has 0 radical (unpaired) electrons. The monoisotopic (exact) mass is 373 g/mol. The Kier molecular flexibility index (Phi) is 4.94. The van der Waals surface area contributed by atoms with E-state index >= 15 is 0 Å². The first-order valence-electron chi connectivity index (χ1n) is 8.13. The van der Waals surface area contributed by atoms with Gasteiger partial charge in [-0.15, -0.1) is 0 Å². The maximum atomic E-state index is 11.9. The third-order valence-corrected chi connectivity index (χ3v) is 5.33. The van der Waals surface area contributed by atoms with E-state index in [0.29, 0.717) is 12.2 Å². The lowest BCUT2D eigenvalue weighted by molar-refractivity contribution is -0.385. The van der Waals surface area contributed by atoms with Crippen molar-refractivity contribution in [2.75, 3.05) is 18.1 Å². The van der Waals surface area contributed by atoms with Crippen LogP contribution in [0.25, 0.3) is 10.9 Å². The van der Waals surface area contributed by atoms with Crippen molar-refractivity contribution in [1.29, 1.82) is 0 Å². The minimum atomic E-state index is -3.57. The van der Waals surface area contributed by atoms with Gasteiger partial charge in [0.1, 0.15) is 0 Å². The fourth-order valence-corrected chi connectivity index (χ4v) is 3.79. The molecule has 0 bridgehead atoms. The third-order valence-electron chi connectivity index (χ3n) is 4.19. The Morgan fingerprint density at radius 2 is 1.96 bits per heavy atom. The van der Waals surface area contributed by atoms with E-state index in [-0.39, 0.29) is 10.6 Å². The Morgan fingerprint density at radius 1 is 1.19 bits per heavy atom. The molecule has 0 unspecified atom stereocenters. The lowest BCUT2D eigenvalue weighted by Crippen LogP contribution is -2.08. The minimum Gasteiger partial charge on any atom is -0.384 e. The van der Waals surface area contributed by atoms with Gasteiger partial charge < -0.3 is 10.3 Å². The number of rotatable bonds is 7. The first-order chi connectivity index (χ1) is 12.4. The van der Waals surface area contributed by atoms with Crippen molar-refractivity contribution in [1.82, 2.24) is 4.98 Å². The standard InChI is InChI=1S/C18H19N3O4S/c1-26(24,25)18-11-14(21(22)23)8-9-17(18)19-10-4-5-13-12-20-16-7-3-2-6-15(13)16/h2-3,6-9,11-12,19-20H,4-5,10H2,1H3. The molecule has 2 aromatic carbocycles. The number of hydrogen-bond acceptors (Lipinski definition) is 5. The smallest absolute Gasteiger partial charge is 0.270 e. The number of hydrogen-bond donors (Lipinski definition) is 2. The summed E-state index contributed by atoms with van der Waals surface area (Å²) in [6.45, 7) is 0.555. The van der Waals surface area contributed by atoms with Gasteiger partial charge in [0.25, 0.3) is 5.69 Å². The molecule has 0 saturated carbocycles. The van der Waals surface area contributed by atoms with Gasteiger partial charge in [0.05, 0.1) is 15.5 Å². The van der Waals surface area contributed by atoms with E-state index in [4.69, 9.17) is 0 Å². The number of para-hydroxylation sites is 1. The number of nitro benzene ring substituents is 1. The summed E-state index contributed by atoms with van der Waals surface area (Å²) in [7, 11) is -3.57. The Balaban J connectivity index is 1.69. The van der Waals surface area contributed by atoms with Crippen molar-refractivity contribution in [3.05, 3.63) is 64.3 Å². The van der Waals surface area contributed by atoms with Gasteiger partial charge in [-0.1, -0.05) is 18.2 Å². The van der Waals surface area contributed by atoms with E-state index < -0.39 is 14.8 Å². The molecule has 1 aromatic heterocycles. The van der Waals surface area contributed by atoms with Crippen LogP contribution in [0.15, 0.2) is 53.6 Å². The quantitative estimate of drug-likeness (QED) is 0.374. The van der Waals surface area contributed by atoms with Gasteiger partial charge in [-0.3, -0.25) is 10.1 Å². The van der Waals surface area contributed by atoms with Gasteiger partial charge in [0.15, 0.2) is 9.84 Å². The van der Waals surface area contributed by atoms with E-state index in [1.165, 1.54) is 23.1 Å². The Morgan fingerprint density at radius 3 is 2.69 bits per heavy atom. The summed E-state index contributed by atoms with van der Waals surface area (Å²) in [4.78, 5) is 13.4. The van der Waals surface area contributed by atoms with Crippen LogP contribution in [-0.4, -0.2) is 31.1 Å². The summed E-state index contributed by atoms with van der Waals surface area (Å²) >= 11 is 0. The minimum absolute atomic E-state index is 0.0567. The average Bonchev–Trinajstić information content (AvgIpc) is 3.01. The molecule has 3 aromatic rings. The number of H-pyrrole nitrogens is 1. The maximum Gasteiger partial charge on any atom is 0.270 e. The average molecular weight is 373 g/mol. The van der Waals surface area contributed by atoms with Crippen LogP contribution in [0.5, 0.6) is 0 Å². The number of aromatic amines is 1. The van der Waals surface area contributed by atoms with Crippen LogP contribution in [0.2, 0.25) is 0 Å². The Labute approximate surface area is 151 Å². The van der Waals surface area contributed by atoms with Crippen LogP contribution in [0.3, 0.4) is 0 Å².